The quantitative estimate of drug-likeness (QED) is 0.805. The molecule has 1 aromatic heterocycles. The monoisotopic (exact) mass is 205 g/mol. The van der Waals surface area contributed by atoms with Gasteiger partial charge in [0.15, 0.2) is 5.82 Å². The highest BCUT2D eigenvalue weighted by atomic mass is 15.2. The van der Waals surface area contributed by atoms with Crippen LogP contribution < -0.4 is 10.6 Å². The van der Waals surface area contributed by atoms with Crippen molar-refractivity contribution in [3.05, 3.63) is 17.8 Å². The maximum absolute atomic E-state index is 5.97. The normalized spacial score (nSPS) is 16.7. The summed E-state index contributed by atoms with van der Waals surface area (Å²) in [6.45, 7) is 4.33. The lowest BCUT2D eigenvalue weighted by Gasteiger charge is -2.28. The fraction of sp³-hybridized carbons (Fsp3) is 0.583. The Morgan fingerprint density at radius 1 is 1.27 bits per heavy atom. The second-order valence-corrected chi connectivity index (χ2v) is 4.12. The molecule has 15 heavy (non-hydrogen) atoms. The van der Waals surface area contributed by atoms with Crippen LogP contribution in [-0.2, 0) is 6.42 Å². The Morgan fingerprint density at radius 3 is 2.67 bits per heavy atom. The number of pyridine rings is 1. The first kappa shape index (κ1) is 10.3. The molecule has 1 fully saturated rings. The molecule has 1 aromatic rings. The predicted molar refractivity (Wildman–Crippen MR) is 64.1 cm³/mol. The number of nitrogen functional groups attached to an aromatic ring is 1. The van der Waals surface area contributed by atoms with Crippen LogP contribution in [0.5, 0.6) is 0 Å². The van der Waals surface area contributed by atoms with Crippen molar-refractivity contribution in [1.29, 1.82) is 0 Å². The van der Waals surface area contributed by atoms with Crippen LogP contribution in [0.25, 0.3) is 0 Å². The van der Waals surface area contributed by atoms with E-state index < -0.39 is 0 Å². The van der Waals surface area contributed by atoms with Crippen molar-refractivity contribution in [1.82, 2.24) is 4.98 Å². The number of hydrogen-bond acceptors (Lipinski definition) is 3. The SMILES string of the molecule is CCc1ccc(N)c(N2CCCCC2)n1. The molecule has 2 heterocycles. The molecule has 0 aromatic carbocycles. The van der Waals surface area contributed by atoms with Gasteiger partial charge in [-0.25, -0.2) is 4.98 Å². The largest absolute Gasteiger partial charge is 0.396 e. The van der Waals surface area contributed by atoms with Gasteiger partial charge in [0.25, 0.3) is 0 Å². The molecule has 0 spiro atoms. The Balaban J connectivity index is 2.24. The highest BCUT2D eigenvalue weighted by Crippen LogP contribution is 2.24. The molecular weight excluding hydrogens is 186 g/mol. The summed E-state index contributed by atoms with van der Waals surface area (Å²) in [5, 5.41) is 0. The van der Waals surface area contributed by atoms with Gasteiger partial charge in [0.1, 0.15) is 0 Å². The number of aromatic nitrogens is 1. The van der Waals surface area contributed by atoms with Crippen LogP contribution in [0.4, 0.5) is 11.5 Å². The maximum atomic E-state index is 5.97. The summed E-state index contributed by atoms with van der Waals surface area (Å²) in [4.78, 5) is 6.93. The minimum absolute atomic E-state index is 0.814. The predicted octanol–water partition coefficient (Wildman–Crippen LogP) is 2.22. The van der Waals surface area contributed by atoms with E-state index in [1.165, 1.54) is 19.3 Å². The van der Waals surface area contributed by atoms with Gasteiger partial charge in [0.2, 0.25) is 0 Å². The summed E-state index contributed by atoms with van der Waals surface area (Å²) in [5.74, 6) is 0.994. The third-order valence-electron chi connectivity index (χ3n) is 2.98. The second-order valence-electron chi connectivity index (χ2n) is 4.12. The van der Waals surface area contributed by atoms with Crippen molar-refractivity contribution in [3.8, 4) is 0 Å². The van der Waals surface area contributed by atoms with E-state index >= 15 is 0 Å². The molecule has 2 rings (SSSR count). The minimum atomic E-state index is 0.814. The molecule has 3 nitrogen and oxygen atoms in total. The van der Waals surface area contributed by atoms with Crippen LogP contribution in [-0.4, -0.2) is 18.1 Å². The molecule has 0 unspecified atom stereocenters. The molecule has 0 radical (unpaired) electrons. The van der Waals surface area contributed by atoms with Gasteiger partial charge in [-0.2, -0.15) is 0 Å². The Bertz CT molecular complexity index is 330. The summed E-state index contributed by atoms with van der Waals surface area (Å²) in [5.41, 5.74) is 7.91. The molecule has 0 atom stereocenters. The van der Waals surface area contributed by atoms with E-state index in [4.69, 9.17) is 5.73 Å². The molecule has 1 saturated heterocycles. The minimum Gasteiger partial charge on any atom is -0.396 e. The number of hydrogen-bond donors (Lipinski definition) is 1. The van der Waals surface area contributed by atoms with Crippen LogP contribution in [0.1, 0.15) is 31.9 Å². The molecule has 0 aliphatic carbocycles. The zero-order valence-electron chi connectivity index (χ0n) is 9.37. The summed E-state index contributed by atoms with van der Waals surface area (Å²) >= 11 is 0. The Morgan fingerprint density at radius 2 is 2.00 bits per heavy atom. The van der Waals surface area contributed by atoms with E-state index in [0.29, 0.717) is 0 Å². The summed E-state index contributed by atoms with van der Waals surface area (Å²) in [7, 11) is 0. The molecule has 2 N–H and O–H groups in total. The number of nitrogens with two attached hydrogens (primary N) is 1. The maximum Gasteiger partial charge on any atom is 0.152 e. The standard InChI is InChI=1S/C12H19N3/c1-2-10-6-7-11(13)12(14-10)15-8-4-3-5-9-15/h6-7H,2-5,8-9,13H2,1H3. The lowest BCUT2D eigenvalue weighted by molar-refractivity contribution is 0.573. The van der Waals surface area contributed by atoms with E-state index in [-0.39, 0.29) is 0 Å². The van der Waals surface area contributed by atoms with Crippen LogP contribution in [0.2, 0.25) is 0 Å². The van der Waals surface area contributed by atoms with Crippen LogP contribution in [0, 0.1) is 0 Å². The second kappa shape index (κ2) is 4.51. The number of aryl methyl sites for hydroxylation is 1. The smallest absolute Gasteiger partial charge is 0.152 e. The summed E-state index contributed by atoms with van der Waals surface area (Å²) in [6, 6.07) is 4.00. The first-order chi connectivity index (χ1) is 7.31. The highest BCUT2D eigenvalue weighted by molar-refractivity contribution is 5.63. The van der Waals surface area contributed by atoms with Crippen molar-refractivity contribution in [2.24, 2.45) is 0 Å². The van der Waals surface area contributed by atoms with Crippen molar-refractivity contribution >= 4 is 11.5 Å². The van der Waals surface area contributed by atoms with Crippen LogP contribution in [0.3, 0.4) is 0 Å². The lowest BCUT2D eigenvalue weighted by Crippen LogP contribution is -2.31. The number of anilines is 2. The fourth-order valence-corrected chi connectivity index (χ4v) is 2.05. The third-order valence-corrected chi connectivity index (χ3v) is 2.98. The van der Waals surface area contributed by atoms with Crippen molar-refractivity contribution < 1.29 is 0 Å². The average molecular weight is 205 g/mol. The molecule has 1 aliphatic rings. The van der Waals surface area contributed by atoms with Crippen molar-refractivity contribution in [2.75, 3.05) is 23.7 Å². The molecular formula is C12H19N3. The van der Waals surface area contributed by atoms with Gasteiger partial charge in [0, 0.05) is 18.8 Å². The lowest BCUT2D eigenvalue weighted by atomic mass is 10.1. The van der Waals surface area contributed by atoms with Crippen molar-refractivity contribution in [2.45, 2.75) is 32.6 Å². The third kappa shape index (κ3) is 2.22. The number of rotatable bonds is 2. The molecule has 0 saturated carbocycles. The first-order valence-electron chi connectivity index (χ1n) is 5.81. The highest BCUT2D eigenvalue weighted by Gasteiger charge is 2.14. The van der Waals surface area contributed by atoms with Gasteiger partial charge >= 0.3 is 0 Å². The molecule has 1 aliphatic heterocycles. The summed E-state index contributed by atoms with van der Waals surface area (Å²) < 4.78 is 0. The van der Waals surface area contributed by atoms with E-state index in [1.807, 2.05) is 12.1 Å². The van der Waals surface area contributed by atoms with E-state index in [1.54, 1.807) is 0 Å². The van der Waals surface area contributed by atoms with Gasteiger partial charge < -0.3 is 10.6 Å². The van der Waals surface area contributed by atoms with Crippen molar-refractivity contribution in [3.63, 3.8) is 0 Å². The van der Waals surface area contributed by atoms with Gasteiger partial charge in [-0.3, -0.25) is 0 Å². The zero-order valence-corrected chi connectivity index (χ0v) is 9.37. The average Bonchev–Trinajstić information content (AvgIpc) is 2.31. The zero-order chi connectivity index (χ0) is 10.7. The summed E-state index contributed by atoms with van der Waals surface area (Å²) in [6.07, 6.45) is 4.83. The first-order valence-corrected chi connectivity index (χ1v) is 5.81. The van der Waals surface area contributed by atoms with Crippen LogP contribution >= 0.6 is 0 Å². The van der Waals surface area contributed by atoms with E-state index in [9.17, 15) is 0 Å². The number of piperidine rings is 1. The molecule has 3 heteroatoms. The molecule has 82 valence electrons. The van der Waals surface area contributed by atoms with Crippen LogP contribution in [0.15, 0.2) is 12.1 Å². The topological polar surface area (TPSA) is 42.1 Å². The molecule has 0 bridgehead atoms. The van der Waals surface area contributed by atoms with Gasteiger partial charge in [-0.1, -0.05) is 6.92 Å². The Labute approximate surface area is 91.3 Å². The Kier molecular flexibility index (Phi) is 3.09. The van der Waals surface area contributed by atoms with Gasteiger partial charge in [-0.15, -0.1) is 0 Å². The van der Waals surface area contributed by atoms with E-state index in [2.05, 4.69) is 16.8 Å². The van der Waals surface area contributed by atoms with E-state index in [0.717, 1.165) is 36.7 Å². The number of nitrogens with zero attached hydrogens (tertiary/aromatic N) is 2. The van der Waals surface area contributed by atoms with Gasteiger partial charge in [0.05, 0.1) is 5.69 Å². The molecule has 0 amide bonds. The fourth-order valence-electron chi connectivity index (χ4n) is 2.05. The Hall–Kier alpha value is -1.25. The van der Waals surface area contributed by atoms with Gasteiger partial charge in [-0.05, 0) is 37.8 Å².